The van der Waals surface area contributed by atoms with Crippen LogP contribution in [0, 0.1) is 0 Å². The third-order valence-electron chi connectivity index (χ3n) is 11.0. The van der Waals surface area contributed by atoms with Gasteiger partial charge in [-0.15, -0.1) is 0 Å². The van der Waals surface area contributed by atoms with E-state index in [-0.39, 0.29) is 19.2 Å². The Labute approximate surface area is 330 Å². The summed E-state index contributed by atoms with van der Waals surface area (Å²) in [6.45, 7) is 4.81. The molecule has 0 amide bonds. The van der Waals surface area contributed by atoms with E-state index in [9.17, 15) is 9.90 Å². The maximum absolute atomic E-state index is 12.4. The number of carbonyl (C=O) groups is 1. The van der Waals surface area contributed by atoms with Crippen molar-refractivity contribution in [3.8, 4) is 0 Å². The number of nitrogens with zero attached hydrogens (tertiary/aromatic N) is 1. The Hall–Kier alpha value is -1.62. The highest BCUT2D eigenvalue weighted by molar-refractivity contribution is 5.78. The highest BCUT2D eigenvalue weighted by Crippen LogP contribution is 2.23. The lowest BCUT2D eigenvalue weighted by atomic mass is 10.0. The van der Waals surface area contributed by atoms with Gasteiger partial charge in [0, 0.05) is 12.8 Å². The normalized spacial score (nSPS) is 15.9. The molecule has 0 aliphatic carbocycles. The second-order valence-corrected chi connectivity index (χ2v) is 16.3. The summed E-state index contributed by atoms with van der Waals surface area (Å²) in [5.41, 5.74) is -0.821. The molecule has 0 aromatic carbocycles. The first-order valence-electron chi connectivity index (χ1n) is 23.4. The number of aliphatic hydroxyl groups excluding tert-OH is 1. The van der Waals surface area contributed by atoms with Gasteiger partial charge < -0.3 is 14.6 Å². The van der Waals surface area contributed by atoms with Gasteiger partial charge in [0.15, 0.2) is 11.4 Å². The van der Waals surface area contributed by atoms with Crippen LogP contribution in [0.3, 0.4) is 0 Å². The quantitative estimate of drug-likeness (QED) is 0.0385. The topological polar surface area (TPSA) is 68.1 Å². The molecule has 0 saturated heterocycles. The van der Waals surface area contributed by atoms with Crippen molar-refractivity contribution in [1.29, 1.82) is 0 Å². The summed E-state index contributed by atoms with van der Waals surface area (Å²) in [7, 11) is 0. The monoisotopic (exact) mass is 744 g/mol. The molecule has 1 N–H and O–H groups in total. The van der Waals surface area contributed by atoms with Crippen molar-refractivity contribution >= 4 is 11.9 Å². The molecule has 0 fully saturated rings. The Kier molecular flexibility index (Phi) is 36.0. The van der Waals surface area contributed by atoms with E-state index in [1.54, 1.807) is 0 Å². The van der Waals surface area contributed by atoms with Crippen molar-refractivity contribution in [2.24, 2.45) is 4.99 Å². The van der Waals surface area contributed by atoms with Gasteiger partial charge in [-0.05, 0) is 64.2 Å². The molecule has 1 aliphatic rings. The van der Waals surface area contributed by atoms with Crippen molar-refractivity contribution in [3.63, 3.8) is 0 Å². The predicted octanol–water partition coefficient (Wildman–Crippen LogP) is 14.9. The van der Waals surface area contributed by atoms with Gasteiger partial charge in [0.2, 0.25) is 0 Å². The second kappa shape index (κ2) is 38.6. The highest BCUT2D eigenvalue weighted by atomic mass is 16.5. The van der Waals surface area contributed by atoms with Gasteiger partial charge in [-0.25, -0.2) is 4.99 Å². The van der Waals surface area contributed by atoms with Crippen molar-refractivity contribution in [2.75, 3.05) is 19.8 Å². The molecule has 53 heavy (non-hydrogen) atoms. The maximum Gasteiger partial charge on any atom is 0.305 e. The summed E-state index contributed by atoms with van der Waals surface area (Å²) in [6, 6.07) is 0. The molecule has 5 nitrogen and oxygen atoms in total. The molecular formula is C48H89NO4. The minimum absolute atomic E-state index is 0.107. The van der Waals surface area contributed by atoms with E-state index < -0.39 is 5.54 Å². The van der Waals surface area contributed by atoms with E-state index in [1.807, 2.05) is 0 Å². The highest BCUT2D eigenvalue weighted by Gasteiger charge is 2.37. The molecule has 310 valence electrons. The minimum atomic E-state index is -0.821. The molecular weight excluding hydrogens is 655 g/mol. The number of unbranched alkanes of at least 4 members (excludes halogenated alkanes) is 30. The molecule has 1 unspecified atom stereocenters. The molecule has 0 bridgehead atoms. The van der Waals surface area contributed by atoms with Gasteiger partial charge in [0.25, 0.3) is 0 Å². The lowest BCUT2D eigenvalue weighted by Gasteiger charge is -2.20. The zero-order valence-electron chi connectivity index (χ0n) is 35.5. The van der Waals surface area contributed by atoms with E-state index >= 15 is 0 Å². The van der Waals surface area contributed by atoms with E-state index in [2.05, 4.69) is 43.1 Å². The molecule has 0 radical (unpaired) electrons. The van der Waals surface area contributed by atoms with Crippen LogP contribution in [0.15, 0.2) is 29.3 Å². The van der Waals surface area contributed by atoms with Crippen molar-refractivity contribution in [2.45, 2.75) is 251 Å². The second-order valence-electron chi connectivity index (χ2n) is 16.3. The van der Waals surface area contributed by atoms with Crippen molar-refractivity contribution in [1.82, 2.24) is 0 Å². The number of hydrogen-bond acceptors (Lipinski definition) is 5. The Balaban J connectivity index is 1.92. The molecule has 0 aromatic heterocycles. The molecule has 1 atom stereocenters. The first-order chi connectivity index (χ1) is 26.2. The number of aliphatic imine (C=N–C) groups is 1. The lowest BCUT2D eigenvalue weighted by molar-refractivity contribution is -0.146. The minimum Gasteiger partial charge on any atom is -0.478 e. The van der Waals surface area contributed by atoms with Gasteiger partial charge in [0.1, 0.15) is 13.2 Å². The molecule has 1 heterocycles. The van der Waals surface area contributed by atoms with Crippen LogP contribution in [0.25, 0.3) is 0 Å². The molecule has 1 aliphatic heterocycles. The van der Waals surface area contributed by atoms with E-state index in [0.717, 1.165) is 25.7 Å². The van der Waals surface area contributed by atoms with Gasteiger partial charge in [-0.3, -0.25) is 4.79 Å². The van der Waals surface area contributed by atoms with Gasteiger partial charge >= 0.3 is 5.97 Å². The largest absolute Gasteiger partial charge is 0.478 e. The third kappa shape index (κ3) is 32.3. The smallest absolute Gasteiger partial charge is 0.305 e. The van der Waals surface area contributed by atoms with E-state index in [4.69, 9.17) is 9.47 Å². The number of ether oxygens (including phenoxy) is 2. The number of esters is 1. The maximum atomic E-state index is 12.4. The molecule has 0 spiro atoms. The average molecular weight is 744 g/mol. The lowest BCUT2D eigenvalue weighted by Crippen LogP contribution is -2.39. The molecule has 0 saturated carbocycles. The summed E-state index contributed by atoms with van der Waals surface area (Å²) in [6.07, 6.45) is 55.1. The predicted molar refractivity (Wildman–Crippen MR) is 230 cm³/mol. The number of hydrogen-bond donors (Lipinski definition) is 1. The van der Waals surface area contributed by atoms with Gasteiger partial charge in [-0.2, -0.15) is 0 Å². The van der Waals surface area contributed by atoms with Gasteiger partial charge in [-0.1, -0.05) is 192 Å². The van der Waals surface area contributed by atoms with Crippen molar-refractivity contribution < 1.29 is 19.4 Å². The Morgan fingerprint density at radius 1 is 0.566 bits per heavy atom. The molecule has 0 aromatic rings. The molecule has 5 heteroatoms. The van der Waals surface area contributed by atoms with Crippen LogP contribution in [0.4, 0.5) is 0 Å². The van der Waals surface area contributed by atoms with E-state index in [0.29, 0.717) is 18.9 Å². The summed E-state index contributed by atoms with van der Waals surface area (Å²) in [5, 5.41) is 10.0. The number of rotatable bonds is 41. The first kappa shape index (κ1) is 49.4. The summed E-state index contributed by atoms with van der Waals surface area (Å²) in [5.74, 6) is 0.532. The Bertz CT molecular complexity index is 883. The Morgan fingerprint density at radius 3 is 1.32 bits per heavy atom. The van der Waals surface area contributed by atoms with Crippen LogP contribution in [-0.4, -0.2) is 42.3 Å². The number of aliphatic hydroxyl groups is 1. The fraction of sp³-hybridized carbons (Fsp3) is 0.875. The van der Waals surface area contributed by atoms with Crippen LogP contribution >= 0.6 is 0 Å². The van der Waals surface area contributed by atoms with Crippen molar-refractivity contribution in [3.05, 3.63) is 24.3 Å². The van der Waals surface area contributed by atoms with Gasteiger partial charge in [0.05, 0.1) is 6.61 Å². The van der Waals surface area contributed by atoms with Crippen LogP contribution in [0.5, 0.6) is 0 Å². The Morgan fingerprint density at radius 2 is 0.925 bits per heavy atom. The standard InChI is InChI=1S/C48H89NO4/c1-3-5-7-9-11-13-15-17-19-21-23-25-27-29-31-33-35-37-39-41-46-49-48(43-50,44-52-46)45-53-47(51)42-40-38-36-34-32-30-28-26-24-22-20-18-16-14-12-10-8-6-4-2/h17-20,50H,3-16,21-45H2,1-2H3. The summed E-state index contributed by atoms with van der Waals surface area (Å²) in [4.78, 5) is 17.1. The number of allylic oxidation sites excluding steroid dienone is 4. The molecule has 1 rings (SSSR count). The summed E-state index contributed by atoms with van der Waals surface area (Å²) < 4.78 is 11.4. The first-order valence-corrected chi connectivity index (χ1v) is 23.4. The number of carbonyl (C=O) groups excluding carboxylic acids is 1. The van der Waals surface area contributed by atoms with Crippen LogP contribution in [0.2, 0.25) is 0 Å². The van der Waals surface area contributed by atoms with Crippen LogP contribution < -0.4 is 0 Å². The SMILES string of the molecule is CCCCCCCCC=CCCCCCCCCCCCC(=O)OCC1(CO)COC(CCCCCCCCCCCC=CCCCCCCCC)=N1. The summed E-state index contributed by atoms with van der Waals surface area (Å²) >= 11 is 0. The fourth-order valence-electron chi connectivity index (χ4n) is 7.26. The fourth-order valence-corrected chi connectivity index (χ4v) is 7.26. The van der Waals surface area contributed by atoms with E-state index in [1.165, 1.54) is 199 Å². The average Bonchev–Trinajstić information content (AvgIpc) is 3.59. The third-order valence-corrected chi connectivity index (χ3v) is 11.0. The zero-order valence-corrected chi connectivity index (χ0v) is 35.5. The van der Waals surface area contributed by atoms with Crippen LogP contribution in [-0.2, 0) is 14.3 Å². The zero-order chi connectivity index (χ0) is 38.2. The van der Waals surface area contributed by atoms with Crippen LogP contribution in [0.1, 0.15) is 245 Å².